The number of fused-ring (bicyclic) bond motifs is 5. The minimum absolute atomic E-state index is 0.0100. The molecule has 2 heterocycles. The number of nitriles is 1. The molecule has 14 heteroatoms. The Bertz CT molecular complexity index is 2430. The van der Waals surface area contributed by atoms with E-state index in [0.29, 0.717) is 45.0 Å². The molecule has 66 heavy (non-hydrogen) atoms. The Hall–Kier alpha value is -6.27. The van der Waals surface area contributed by atoms with Gasteiger partial charge in [0.25, 0.3) is 0 Å². The number of likely N-dealkylation sites (N-methyl/N-ethyl adjacent to an activating group) is 1. The van der Waals surface area contributed by atoms with Gasteiger partial charge in [-0.15, -0.1) is 0 Å². The number of nitrogens with zero attached hydrogens (tertiary/aromatic N) is 3. The van der Waals surface area contributed by atoms with Crippen LogP contribution < -0.4 is 32.0 Å². The molecule has 0 aliphatic carbocycles. The van der Waals surface area contributed by atoms with Crippen LogP contribution >= 0.6 is 0 Å². The molecule has 350 valence electrons. The molecule has 3 aromatic carbocycles. The molecule has 0 fully saturated rings. The highest BCUT2D eigenvalue weighted by Crippen LogP contribution is 2.41. The Labute approximate surface area is 388 Å². The van der Waals surface area contributed by atoms with Gasteiger partial charge in [0.1, 0.15) is 30.8 Å². The molecule has 14 nitrogen and oxygen atoms in total. The second-order valence-corrected chi connectivity index (χ2v) is 18.2. The third kappa shape index (κ3) is 12.3. The lowest BCUT2D eigenvalue weighted by Gasteiger charge is -2.32. The van der Waals surface area contributed by atoms with Crippen LogP contribution in [0.1, 0.15) is 104 Å². The standard InChI is InChI=1S/C52H65N7O7/c1-31-25-41(35-11-14-38(15-12-35)52(4,5)6)57-33(3)48(31)44(61)30-37(18-20-54)51(64)59(7)49-36-13-17-47(66-24-22-56)40(29-36)39-27-34(10-16-46(39)65-23-21-55)28-42(43(60)9-8-19-53)58-50(63)32(2)26-45(49)62/h10-17,25,27,29,32,37,42,49H,8-9,18,20-24,26,28,30,54-56H2,1-7H3,(H,58,63)/t32-,37-,42+,49+/m1/s1. The van der Waals surface area contributed by atoms with Gasteiger partial charge in [-0.2, -0.15) is 5.26 Å². The van der Waals surface area contributed by atoms with Crippen molar-refractivity contribution < 1.29 is 33.4 Å². The van der Waals surface area contributed by atoms with Crippen LogP contribution in [0.25, 0.3) is 22.4 Å². The molecule has 0 radical (unpaired) electrons. The maximum atomic E-state index is 14.8. The zero-order valence-corrected chi connectivity index (χ0v) is 39.4. The van der Waals surface area contributed by atoms with Gasteiger partial charge in [-0.25, -0.2) is 0 Å². The first kappa shape index (κ1) is 50.7. The molecule has 4 bridgehead atoms. The average Bonchev–Trinajstić information content (AvgIpc) is 3.28. The Balaban J connectivity index is 1.57. The van der Waals surface area contributed by atoms with Gasteiger partial charge in [-0.3, -0.25) is 29.0 Å². The summed E-state index contributed by atoms with van der Waals surface area (Å²) in [6.45, 7) is 12.6. The Morgan fingerprint density at radius 1 is 0.894 bits per heavy atom. The van der Waals surface area contributed by atoms with Gasteiger partial charge in [0, 0.05) is 85.6 Å². The minimum Gasteiger partial charge on any atom is -0.492 e. The van der Waals surface area contributed by atoms with Crippen LogP contribution in [-0.2, 0) is 31.0 Å². The lowest BCUT2D eigenvalue weighted by atomic mass is 9.86. The van der Waals surface area contributed by atoms with Crippen molar-refractivity contribution in [2.45, 2.75) is 97.6 Å². The van der Waals surface area contributed by atoms with Crippen molar-refractivity contribution in [1.29, 1.82) is 5.26 Å². The largest absolute Gasteiger partial charge is 0.492 e. The number of aryl methyl sites for hydroxylation is 2. The predicted octanol–water partition coefficient (Wildman–Crippen LogP) is 6.25. The van der Waals surface area contributed by atoms with Gasteiger partial charge < -0.3 is 36.9 Å². The number of ether oxygens (including phenoxy) is 2. The highest BCUT2D eigenvalue weighted by molar-refractivity contribution is 6.02. The molecular formula is C52H65N7O7. The van der Waals surface area contributed by atoms with Crippen LogP contribution in [0.4, 0.5) is 0 Å². The van der Waals surface area contributed by atoms with Crippen molar-refractivity contribution in [3.8, 4) is 40.0 Å². The number of rotatable bonds is 17. The number of aromatic nitrogens is 1. The number of hydrogen-bond acceptors (Lipinski definition) is 12. The summed E-state index contributed by atoms with van der Waals surface area (Å²) >= 11 is 0. The number of hydrogen-bond donors (Lipinski definition) is 4. The third-order valence-corrected chi connectivity index (χ3v) is 12.0. The van der Waals surface area contributed by atoms with Crippen LogP contribution in [0.15, 0.2) is 66.7 Å². The fourth-order valence-corrected chi connectivity index (χ4v) is 8.51. The molecule has 0 saturated heterocycles. The number of amides is 2. The van der Waals surface area contributed by atoms with Gasteiger partial charge in [0.15, 0.2) is 17.3 Å². The number of carbonyl (C=O) groups excluding carboxylic acids is 5. The molecule has 1 aliphatic rings. The van der Waals surface area contributed by atoms with Gasteiger partial charge in [-0.1, -0.05) is 64.1 Å². The van der Waals surface area contributed by atoms with Crippen molar-refractivity contribution in [2.24, 2.45) is 29.0 Å². The second-order valence-electron chi connectivity index (χ2n) is 18.2. The summed E-state index contributed by atoms with van der Waals surface area (Å²) in [6.07, 6.45) is -0.321. The summed E-state index contributed by atoms with van der Waals surface area (Å²) in [5.41, 5.74) is 24.5. The van der Waals surface area contributed by atoms with E-state index in [1.54, 1.807) is 44.2 Å². The smallest absolute Gasteiger partial charge is 0.226 e. The van der Waals surface area contributed by atoms with Crippen molar-refractivity contribution in [2.75, 3.05) is 39.9 Å². The van der Waals surface area contributed by atoms with E-state index in [-0.39, 0.29) is 88.4 Å². The molecule has 1 aliphatic heterocycles. The van der Waals surface area contributed by atoms with Crippen molar-refractivity contribution in [3.63, 3.8) is 0 Å². The molecule has 4 atom stereocenters. The first-order chi connectivity index (χ1) is 31.4. The van der Waals surface area contributed by atoms with E-state index in [4.69, 9.17) is 31.7 Å². The van der Waals surface area contributed by atoms with Gasteiger partial charge in [-0.05, 0) is 91.2 Å². The number of benzene rings is 3. The van der Waals surface area contributed by atoms with Crippen LogP contribution in [0.5, 0.6) is 11.5 Å². The number of ketones is 3. The summed E-state index contributed by atoms with van der Waals surface area (Å²) in [7, 11) is 1.52. The predicted molar refractivity (Wildman–Crippen MR) is 255 cm³/mol. The van der Waals surface area contributed by atoms with Crippen LogP contribution in [0.2, 0.25) is 0 Å². The molecule has 4 aromatic rings. The number of nitrogens with two attached hydrogens (primary N) is 3. The third-order valence-electron chi connectivity index (χ3n) is 12.0. The Morgan fingerprint density at radius 3 is 2.12 bits per heavy atom. The van der Waals surface area contributed by atoms with E-state index < -0.39 is 41.5 Å². The Morgan fingerprint density at radius 2 is 1.53 bits per heavy atom. The lowest BCUT2D eigenvalue weighted by molar-refractivity contribution is -0.142. The zero-order valence-electron chi connectivity index (χ0n) is 39.4. The number of pyridine rings is 1. The van der Waals surface area contributed by atoms with E-state index >= 15 is 0 Å². The number of Topliss-reactive ketones (excluding diaryl/α,β-unsaturated/α-hetero) is 3. The second kappa shape index (κ2) is 22.8. The van der Waals surface area contributed by atoms with Crippen LogP contribution in [0.3, 0.4) is 0 Å². The highest BCUT2D eigenvalue weighted by atomic mass is 16.5. The SMILES string of the molecule is Cc1cc(-c2ccc(C(C)(C)C)cc2)nc(C)c1C(=O)C[C@@H](CCN)C(=O)N(C)[C@@H]1C(=O)C[C@@H](C)C(=O)N[C@H](C(=O)CCC#N)Cc2ccc(OCCN)c(c2)-c2cc1ccc2OCCN. The maximum absolute atomic E-state index is 14.8. The summed E-state index contributed by atoms with van der Waals surface area (Å²) in [4.78, 5) is 77.4. The topological polar surface area (TPSA) is 234 Å². The van der Waals surface area contributed by atoms with Crippen molar-refractivity contribution in [1.82, 2.24) is 15.2 Å². The van der Waals surface area contributed by atoms with Gasteiger partial charge in [0.05, 0.1) is 17.8 Å². The fourth-order valence-electron chi connectivity index (χ4n) is 8.51. The van der Waals surface area contributed by atoms with Crippen LogP contribution in [0, 0.1) is 37.0 Å². The highest BCUT2D eigenvalue weighted by Gasteiger charge is 2.36. The number of carbonyl (C=O) groups is 5. The molecule has 7 N–H and O–H groups in total. The van der Waals surface area contributed by atoms with Crippen molar-refractivity contribution in [3.05, 3.63) is 100 Å². The number of nitrogens with one attached hydrogen (secondary N) is 1. The summed E-state index contributed by atoms with van der Waals surface area (Å²) < 4.78 is 12.3. The molecular weight excluding hydrogens is 835 g/mol. The van der Waals surface area contributed by atoms with Gasteiger partial charge >= 0.3 is 0 Å². The molecule has 2 amide bonds. The Kier molecular flexibility index (Phi) is 17.5. The van der Waals surface area contributed by atoms with Gasteiger partial charge in [0.2, 0.25) is 11.8 Å². The van der Waals surface area contributed by atoms with E-state index in [1.165, 1.54) is 17.5 Å². The van der Waals surface area contributed by atoms with Crippen LogP contribution in [-0.4, -0.2) is 85.0 Å². The zero-order chi connectivity index (χ0) is 48.3. The van der Waals surface area contributed by atoms with E-state index in [0.717, 1.165) is 16.8 Å². The fraction of sp³-hybridized carbons (Fsp3) is 0.442. The molecule has 5 rings (SSSR count). The van der Waals surface area contributed by atoms with E-state index in [2.05, 4.69) is 38.2 Å². The normalized spacial score (nSPS) is 16.9. The summed E-state index contributed by atoms with van der Waals surface area (Å²) in [6, 6.07) is 20.4. The van der Waals surface area contributed by atoms with E-state index in [1.807, 2.05) is 37.3 Å². The first-order valence-corrected chi connectivity index (χ1v) is 22.7. The maximum Gasteiger partial charge on any atom is 0.226 e. The monoisotopic (exact) mass is 899 g/mol. The summed E-state index contributed by atoms with van der Waals surface area (Å²) in [5, 5.41) is 12.1. The molecule has 0 spiro atoms. The quantitative estimate of drug-likeness (QED) is 0.0862. The molecule has 0 unspecified atom stereocenters. The lowest BCUT2D eigenvalue weighted by Crippen LogP contribution is -2.46. The van der Waals surface area contributed by atoms with Crippen molar-refractivity contribution >= 4 is 29.2 Å². The minimum atomic E-state index is -1.23. The first-order valence-electron chi connectivity index (χ1n) is 22.7. The molecule has 0 saturated carbocycles. The molecule has 1 aromatic heterocycles. The van der Waals surface area contributed by atoms with E-state index in [9.17, 15) is 29.2 Å². The summed E-state index contributed by atoms with van der Waals surface area (Å²) in [5.74, 6) is -3.02. The average molecular weight is 900 g/mol.